The van der Waals surface area contributed by atoms with E-state index in [1.807, 2.05) is 32.1 Å². The Hall–Kier alpha value is -1.44. The van der Waals surface area contributed by atoms with E-state index in [4.69, 9.17) is 4.74 Å². The molecule has 7 heteroatoms. The molecule has 2 N–H and O–H groups in total. The first-order chi connectivity index (χ1) is 11.9. The van der Waals surface area contributed by atoms with Crippen molar-refractivity contribution in [3.63, 3.8) is 0 Å². The van der Waals surface area contributed by atoms with Crippen LogP contribution in [0.1, 0.15) is 30.7 Å². The van der Waals surface area contributed by atoms with Crippen LogP contribution in [0.2, 0.25) is 0 Å². The van der Waals surface area contributed by atoms with Gasteiger partial charge in [0.15, 0.2) is 5.96 Å². The number of nitrogens with zero attached hydrogens (tertiary/aromatic N) is 2. The van der Waals surface area contributed by atoms with Gasteiger partial charge in [-0.15, -0.1) is 22.7 Å². The SMILES string of the molecule is CCNC(=NCC(C)(C)OC)NCCc1ccc(-c2csc(C)n2)s1. The molecule has 2 rings (SSSR count). The minimum Gasteiger partial charge on any atom is -0.377 e. The van der Waals surface area contributed by atoms with E-state index in [-0.39, 0.29) is 5.60 Å². The molecule has 0 aliphatic heterocycles. The molecular formula is C18H28N4OS2. The van der Waals surface area contributed by atoms with E-state index < -0.39 is 0 Å². The van der Waals surface area contributed by atoms with Crippen LogP contribution in [0.4, 0.5) is 0 Å². The summed E-state index contributed by atoms with van der Waals surface area (Å²) in [4.78, 5) is 11.7. The van der Waals surface area contributed by atoms with Crippen molar-refractivity contribution in [2.75, 3.05) is 26.7 Å². The minimum absolute atomic E-state index is 0.253. The molecule has 5 nitrogen and oxygen atoms in total. The van der Waals surface area contributed by atoms with Crippen molar-refractivity contribution in [3.05, 3.63) is 27.4 Å². The van der Waals surface area contributed by atoms with Gasteiger partial charge in [-0.3, -0.25) is 4.99 Å². The highest BCUT2D eigenvalue weighted by molar-refractivity contribution is 7.16. The van der Waals surface area contributed by atoms with Crippen LogP contribution in [0, 0.1) is 6.92 Å². The Labute approximate surface area is 158 Å². The predicted octanol–water partition coefficient (Wildman–Crippen LogP) is 3.70. The normalized spacial score (nSPS) is 12.4. The van der Waals surface area contributed by atoms with Crippen molar-refractivity contribution in [1.82, 2.24) is 15.6 Å². The van der Waals surface area contributed by atoms with Crippen LogP contribution in [-0.4, -0.2) is 43.3 Å². The van der Waals surface area contributed by atoms with Gasteiger partial charge in [-0.05, 0) is 46.2 Å². The largest absolute Gasteiger partial charge is 0.377 e. The fourth-order valence-electron chi connectivity index (χ4n) is 2.11. The summed E-state index contributed by atoms with van der Waals surface area (Å²) in [7, 11) is 1.72. The Kier molecular flexibility index (Phi) is 7.40. The maximum absolute atomic E-state index is 5.42. The number of guanidine groups is 1. The maximum atomic E-state index is 5.42. The summed E-state index contributed by atoms with van der Waals surface area (Å²) in [5.74, 6) is 0.833. The van der Waals surface area contributed by atoms with Gasteiger partial charge in [0.1, 0.15) is 0 Å². The van der Waals surface area contributed by atoms with Crippen molar-refractivity contribution >= 4 is 28.6 Å². The van der Waals surface area contributed by atoms with Gasteiger partial charge >= 0.3 is 0 Å². The number of nitrogens with one attached hydrogen (secondary N) is 2. The van der Waals surface area contributed by atoms with Crippen molar-refractivity contribution in [2.24, 2.45) is 4.99 Å². The average Bonchev–Trinajstić information content (AvgIpc) is 3.21. The number of thiophene rings is 1. The topological polar surface area (TPSA) is 58.5 Å². The third-order valence-corrected chi connectivity index (χ3v) is 5.65. The number of thiazole rings is 1. The molecule has 0 spiro atoms. The summed E-state index contributed by atoms with van der Waals surface area (Å²) < 4.78 is 5.42. The zero-order valence-electron chi connectivity index (χ0n) is 15.7. The second-order valence-electron chi connectivity index (χ2n) is 6.35. The van der Waals surface area contributed by atoms with E-state index in [1.54, 1.807) is 18.4 Å². The number of methoxy groups -OCH3 is 1. The molecule has 0 saturated carbocycles. The van der Waals surface area contributed by atoms with Crippen molar-refractivity contribution in [2.45, 2.75) is 39.7 Å². The van der Waals surface area contributed by atoms with E-state index in [0.29, 0.717) is 6.54 Å². The molecule has 0 aromatic carbocycles. The van der Waals surface area contributed by atoms with Crippen molar-refractivity contribution in [3.8, 4) is 10.6 Å². The molecule has 2 aromatic rings. The molecule has 0 fully saturated rings. The number of aliphatic imine (C=N–C) groups is 1. The molecule has 138 valence electrons. The smallest absolute Gasteiger partial charge is 0.191 e. The second kappa shape index (κ2) is 9.31. The lowest BCUT2D eigenvalue weighted by Gasteiger charge is -2.21. The first-order valence-electron chi connectivity index (χ1n) is 8.52. The fraction of sp³-hybridized carbons (Fsp3) is 0.556. The number of aromatic nitrogens is 1. The molecule has 0 bridgehead atoms. The highest BCUT2D eigenvalue weighted by Gasteiger charge is 2.15. The molecule has 0 amide bonds. The summed E-state index contributed by atoms with van der Waals surface area (Å²) in [6.45, 7) is 10.5. The monoisotopic (exact) mass is 380 g/mol. The van der Waals surface area contributed by atoms with Crippen molar-refractivity contribution < 1.29 is 4.74 Å². The standard InChI is InChI=1S/C18H28N4OS2/c1-6-19-17(21-12-18(3,4)23-5)20-10-9-14-7-8-16(25-14)15-11-24-13(2)22-15/h7-8,11H,6,9-10,12H2,1-5H3,(H2,19,20,21). The first-order valence-corrected chi connectivity index (χ1v) is 10.2. The Bertz CT molecular complexity index is 691. The fourth-order valence-corrected chi connectivity index (χ4v) is 3.76. The van der Waals surface area contributed by atoms with Crippen LogP contribution in [0.5, 0.6) is 0 Å². The van der Waals surface area contributed by atoms with Crippen LogP contribution in [0.25, 0.3) is 10.6 Å². The molecular weight excluding hydrogens is 352 g/mol. The number of ether oxygens (including phenoxy) is 1. The molecule has 2 aromatic heterocycles. The molecule has 2 heterocycles. The van der Waals surface area contributed by atoms with Crippen LogP contribution in [0.15, 0.2) is 22.5 Å². The number of hydrogen-bond donors (Lipinski definition) is 2. The van der Waals surface area contributed by atoms with Crippen LogP contribution >= 0.6 is 22.7 Å². The quantitative estimate of drug-likeness (QED) is 0.541. The lowest BCUT2D eigenvalue weighted by molar-refractivity contribution is 0.0310. The molecule has 0 saturated heterocycles. The van der Waals surface area contributed by atoms with E-state index >= 15 is 0 Å². The third kappa shape index (κ3) is 6.41. The molecule has 0 aliphatic rings. The number of rotatable bonds is 8. The molecule has 0 aliphatic carbocycles. The summed E-state index contributed by atoms with van der Waals surface area (Å²) >= 11 is 3.50. The van der Waals surface area contributed by atoms with Gasteiger partial charge in [0, 0.05) is 30.5 Å². The van der Waals surface area contributed by atoms with Gasteiger partial charge < -0.3 is 15.4 Å². The lowest BCUT2D eigenvalue weighted by Crippen LogP contribution is -2.40. The molecule has 0 radical (unpaired) electrons. The summed E-state index contributed by atoms with van der Waals surface area (Å²) in [6, 6.07) is 4.35. The summed E-state index contributed by atoms with van der Waals surface area (Å²) in [5, 5.41) is 9.90. The van der Waals surface area contributed by atoms with Gasteiger partial charge in [-0.1, -0.05) is 0 Å². The highest BCUT2D eigenvalue weighted by atomic mass is 32.1. The highest BCUT2D eigenvalue weighted by Crippen LogP contribution is 2.29. The Morgan fingerprint density at radius 1 is 1.32 bits per heavy atom. The van der Waals surface area contributed by atoms with Gasteiger partial charge in [-0.2, -0.15) is 0 Å². The van der Waals surface area contributed by atoms with E-state index in [9.17, 15) is 0 Å². The average molecular weight is 381 g/mol. The van der Waals surface area contributed by atoms with Crippen molar-refractivity contribution in [1.29, 1.82) is 0 Å². The Balaban J connectivity index is 1.87. The maximum Gasteiger partial charge on any atom is 0.191 e. The van der Waals surface area contributed by atoms with E-state index in [1.165, 1.54) is 9.75 Å². The zero-order chi connectivity index (χ0) is 18.3. The lowest BCUT2D eigenvalue weighted by atomic mass is 10.1. The second-order valence-corrected chi connectivity index (χ2v) is 8.58. The number of hydrogen-bond acceptors (Lipinski definition) is 5. The molecule has 25 heavy (non-hydrogen) atoms. The van der Waals surface area contributed by atoms with Gasteiger partial charge in [-0.25, -0.2) is 4.98 Å². The minimum atomic E-state index is -0.253. The van der Waals surface area contributed by atoms with E-state index in [0.717, 1.165) is 36.2 Å². The predicted molar refractivity (Wildman–Crippen MR) is 109 cm³/mol. The van der Waals surface area contributed by atoms with Crippen LogP contribution in [-0.2, 0) is 11.2 Å². The third-order valence-electron chi connectivity index (χ3n) is 3.71. The van der Waals surface area contributed by atoms with Crippen LogP contribution < -0.4 is 10.6 Å². The molecule has 0 atom stereocenters. The van der Waals surface area contributed by atoms with Gasteiger partial charge in [0.05, 0.1) is 27.7 Å². The Morgan fingerprint density at radius 2 is 2.12 bits per heavy atom. The summed E-state index contributed by atoms with van der Waals surface area (Å²) in [6.07, 6.45) is 0.964. The zero-order valence-corrected chi connectivity index (χ0v) is 17.3. The van der Waals surface area contributed by atoms with Gasteiger partial charge in [0.25, 0.3) is 0 Å². The first kappa shape index (κ1) is 19.9. The Morgan fingerprint density at radius 3 is 2.76 bits per heavy atom. The van der Waals surface area contributed by atoms with Crippen LogP contribution in [0.3, 0.4) is 0 Å². The van der Waals surface area contributed by atoms with E-state index in [2.05, 4.69) is 45.0 Å². The van der Waals surface area contributed by atoms with Gasteiger partial charge in [0.2, 0.25) is 0 Å². The molecule has 0 unspecified atom stereocenters. The number of aryl methyl sites for hydroxylation is 1. The summed E-state index contributed by atoms with van der Waals surface area (Å²) in [5.41, 5.74) is 0.833.